The van der Waals surface area contributed by atoms with Gasteiger partial charge in [-0.05, 0) is 50.2 Å². The second-order valence-electron chi connectivity index (χ2n) is 8.00. The van der Waals surface area contributed by atoms with Crippen LogP contribution in [0.15, 0.2) is 23.2 Å². The van der Waals surface area contributed by atoms with Gasteiger partial charge in [-0.1, -0.05) is 32.4 Å². The largest absolute Gasteiger partial charge is 0.320 e. The summed E-state index contributed by atoms with van der Waals surface area (Å²) in [4.78, 5) is 18.8. The van der Waals surface area contributed by atoms with Crippen molar-refractivity contribution in [1.29, 1.82) is 0 Å². The molecule has 25 heavy (non-hydrogen) atoms. The van der Waals surface area contributed by atoms with E-state index in [1.54, 1.807) is 23.5 Å². The van der Waals surface area contributed by atoms with Gasteiger partial charge >= 0.3 is 0 Å². The summed E-state index contributed by atoms with van der Waals surface area (Å²) in [5.41, 5.74) is 2.05. The first-order valence-corrected chi connectivity index (χ1v) is 9.54. The van der Waals surface area contributed by atoms with Crippen molar-refractivity contribution in [3.05, 3.63) is 50.5 Å². The van der Waals surface area contributed by atoms with Gasteiger partial charge in [-0.15, -0.1) is 11.3 Å². The van der Waals surface area contributed by atoms with Crippen molar-refractivity contribution in [1.82, 2.24) is 4.57 Å². The Balaban J connectivity index is 2.09. The number of carbonyl (C=O) groups excluding carboxylic acids is 1. The molecule has 0 aliphatic heterocycles. The SMILES string of the molecule is Cc1ccc(F)c(C(=O)N=c2sc(C(C)(C)C)c(C)n2CC2CC2)c1. The van der Waals surface area contributed by atoms with Gasteiger partial charge in [-0.2, -0.15) is 4.99 Å². The molecule has 1 aromatic heterocycles. The van der Waals surface area contributed by atoms with E-state index in [4.69, 9.17) is 0 Å². The Bertz CT molecular complexity index is 882. The predicted octanol–water partition coefficient (Wildman–Crippen LogP) is 4.75. The summed E-state index contributed by atoms with van der Waals surface area (Å²) in [6.45, 7) is 11.3. The number of rotatable bonds is 3. The van der Waals surface area contributed by atoms with E-state index in [1.165, 1.54) is 29.5 Å². The molecule has 0 unspecified atom stereocenters. The van der Waals surface area contributed by atoms with Gasteiger partial charge < -0.3 is 4.57 Å². The molecule has 1 aliphatic rings. The van der Waals surface area contributed by atoms with Gasteiger partial charge in [-0.25, -0.2) is 4.39 Å². The summed E-state index contributed by atoms with van der Waals surface area (Å²) < 4.78 is 16.2. The number of halogens is 1. The van der Waals surface area contributed by atoms with E-state index < -0.39 is 11.7 Å². The highest BCUT2D eigenvalue weighted by atomic mass is 32.1. The van der Waals surface area contributed by atoms with Crippen LogP contribution in [0.5, 0.6) is 0 Å². The standard InChI is InChI=1S/C20H25FN2OS/c1-12-6-9-16(21)15(10-12)18(24)22-19-23(11-14-7-8-14)13(2)17(25-19)20(3,4)5/h6,9-10,14H,7-8,11H2,1-5H3. The maximum Gasteiger partial charge on any atom is 0.282 e. The molecule has 5 heteroatoms. The quantitative estimate of drug-likeness (QED) is 0.777. The lowest BCUT2D eigenvalue weighted by molar-refractivity contribution is 0.0993. The van der Waals surface area contributed by atoms with Crippen LogP contribution in [0.4, 0.5) is 4.39 Å². The summed E-state index contributed by atoms with van der Waals surface area (Å²) >= 11 is 1.55. The number of hydrogen-bond acceptors (Lipinski definition) is 2. The summed E-state index contributed by atoms with van der Waals surface area (Å²) in [7, 11) is 0. The minimum atomic E-state index is -0.516. The third-order valence-electron chi connectivity index (χ3n) is 4.53. The molecular weight excluding hydrogens is 335 g/mol. The van der Waals surface area contributed by atoms with E-state index >= 15 is 0 Å². The highest BCUT2D eigenvalue weighted by Gasteiger charge is 2.27. The molecule has 1 aromatic carbocycles. The molecule has 1 aliphatic carbocycles. The normalized spacial score (nSPS) is 15.7. The van der Waals surface area contributed by atoms with E-state index in [0.29, 0.717) is 10.7 Å². The third-order valence-corrected chi connectivity index (χ3v) is 6.13. The van der Waals surface area contributed by atoms with Gasteiger partial charge in [0.05, 0.1) is 5.56 Å². The molecule has 0 spiro atoms. The molecule has 3 rings (SSSR count). The molecule has 1 fully saturated rings. The molecule has 1 amide bonds. The molecule has 0 bridgehead atoms. The van der Waals surface area contributed by atoms with Crippen LogP contribution in [0.25, 0.3) is 0 Å². The van der Waals surface area contributed by atoms with E-state index in [9.17, 15) is 9.18 Å². The molecular formula is C20H25FN2OS. The molecule has 0 N–H and O–H groups in total. The average molecular weight is 360 g/mol. The smallest absolute Gasteiger partial charge is 0.282 e. The number of thiazole rings is 1. The maximum absolute atomic E-state index is 14.0. The fraction of sp³-hybridized carbons (Fsp3) is 0.500. The van der Waals surface area contributed by atoms with E-state index in [0.717, 1.165) is 12.1 Å². The van der Waals surface area contributed by atoms with Crippen molar-refractivity contribution >= 4 is 17.2 Å². The maximum atomic E-state index is 14.0. The second-order valence-corrected chi connectivity index (χ2v) is 8.98. The lowest BCUT2D eigenvalue weighted by Crippen LogP contribution is -2.20. The fourth-order valence-electron chi connectivity index (χ4n) is 2.99. The highest BCUT2D eigenvalue weighted by Crippen LogP contribution is 2.33. The Kier molecular flexibility index (Phi) is 4.71. The average Bonchev–Trinajstić information content (AvgIpc) is 3.28. The molecule has 3 nitrogen and oxygen atoms in total. The Hall–Kier alpha value is -1.75. The zero-order valence-corrected chi connectivity index (χ0v) is 16.3. The number of aromatic nitrogens is 1. The minimum absolute atomic E-state index is 0.00848. The molecule has 0 saturated heterocycles. The van der Waals surface area contributed by atoms with Gasteiger partial charge in [0, 0.05) is 17.1 Å². The molecule has 134 valence electrons. The topological polar surface area (TPSA) is 34.4 Å². The fourth-order valence-corrected chi connectivity index (χ4v) is 4.19. The molecule has 1 heterocycles. The van der Waals surface area contributed by atoms with Crippen LogP contribution in [0.3, 0.4) is 0 Å². The van der Waals surface area contributed by atoms with E-state index in [-0.39, 0.29) is 11.0 Å². The van der Waals surface area contributed by atoms with Crippen molar-refractivity contribution < 1.29 is 9.18 Å². The molecule has 0 atom stereocenters. The number of hydrogen-bond donors (Lipinski definition) is 0. The Morgan fingerprint density at radius 3 is 2.60 bits per heavy atom. The van der Waals surface area contributed by atoms with Crippen molar-refractivity contribution in [3.8, 4) is 0 Å². The van der Waals surface area contributed by atoms with Gasteiger partial charge in [0.15, 0.2) is 4.80 Å². The van der Waals surface area contributed by atoms with Crippen LogP contribution >= 0.6 is 11.3 Å². The molecule has 0 radical (unpaired) electrons. The van der Waals surface area contributed by atoms with Crippen LogP contribution in [0.1, 0.15) is 60.1 Å². The van der Waals surface area contributed by atoms with Crippen LogP contribution in [-0.2, 0) is 12.0 Å². The first-order valence-electron chi connectivity index (χ1n) is 8.72. The number of aryl methyl sites for hydroxylation is 1. The third kappa shape index (κ3) is 3.92. The van der Waals surface area contributed by atoms with Crippen molar-refractivity contribution in [2.75, 3.05) is 0 Å². The zero-order valence-electron chi connectivity index (χ0n) is 15.5. The Morgan fingerprint density at radius 1 is 1.32 bits per heavy atom. The first-order chi connectivity index (χ1) is 11.7. The zero-order chi connectivity index (χ0) is 18.4. The molecule has 1 saturated carbocycles. The lowest BCUT2D eigenvalue weighted by atomic mass is 9.93. The van der Waals surface area contributed by atoms with Gasteiger partial charge in [-0.3, -0.25) is 4.79 Å². The van der Waals surface area contributed by atoms with Crippen molar-refractivity contribution in [2.24, 2.45) is 10.9 Å². The van der Waals surface area contributed by atoms with E-state index in [1.807, 2.05) is 6.92 Å². The number of nitrogens with zero attached hydrogens (tertiary/aromatic N) is 2. The van der Waals surface area contributed by atoms with Gasteiger partial charge in [0.2, 0.25) is 0 Å². The summed E-state index contributed by atoms with van der Waals surface area (Å²) in [6, 6.07) is 4.56. The van der Waals surface area contributed by atoms with Gasteiger partial charge in [0.1, 0.15) is 5.82 Å². The van der Waals surface area contributed by atoms with Crippen LogP contribution in [0, 0.1) is 25.6 Å². The summed E-state index contributed by atoms with van der Waals surface area (Å²) in [5, 5.41) is 0. The lowest BCUT2D eigenvalue weighted by Gasteiger charge is -2.17. The summed E-state index contributed by atoms with van der Waals surface area (Å²) in [5.74, 6) is -0.351. The second kappa shape index (κ2) is 6.52. The van der Waals surface area contributed by atoms with Crippen LogP contribution in [0.2, 0.25) is 0 Å². The first kappa shape index (κ1) is 18.1. The number of amides is 1. The van der Waals surface area contributed by atoms with Crippen molar-refractivity contribution in [3.63, 3.8) is 0 Å². The Morgan fingerprint density at radius 2 is 2.00 bits per heavy atom. The number of carbonyl (C=O) groups is 1. The number of benzene rings is 1. The van der Waals surface area contributed by atoms with Crippen LogP contribution in [-0.4, -0.2) is 10.5 Å². The van der Waals surface area contributed by atoms with Gasteiger partial charge in [0.25, 0.3) is 5.91 Å². The van der Waals surface area contributed by atoms with E-state index in [2.05, 4.69) is 37.3 Å². The van der Waals surface area contributed by atoms with Crippen LogP contribution < -0.4 is 4.80 Å². The predicted molar refractivity (Wildman–Crippen MR) is 99.5 cm³/mol. The van der Waals surface area contributed by atoms with Crippen molar-refractivity contribution in [2.45, 2.75) is 59.4 Å². The molecule has 2 aromatic rings. The summed E-state index contributed by atoms with van der Waals surface area (Å²) in [6.07, 6.45) is 2.46. The highest BCUT2D eigenvalue weighted by molar-refractivity contribution is 7.09. The minimum Gasteiger partial charge on any atom is -0.320 e. The Labute approximate surface area is 152 Å². The monoisotopic (exact) mass is 360 g/mol.